The number of alkyl halides is 3. The molecule has 170 valence electrons. The van der Waals surface area contributed by atoms with E-state index < -0.39 is 11.7 Å². The Hall–Kier alpha value is -2.96. The molecule has 4 rings (SSSR count). The van der Waals surface area contributed by atoms with Gasteiger partial charge in [0, 0.05) is 22.5 Å². The number of thiazole rings is 1. The van der Waals surface area contributed by atoms with Crippen LogP contribution in [0.5, 0.6) is 0 Å². The molecule has 0 fully saturated rings. The zero-order valence-electron chi connectivity index (χ0n) is 16.6. The van der Waals surface area contributed by atoms with Gasteiger partial charge >= 0.3 is 6.18 Å². The fraction of sp³-hybridized carbons (Fsp3) is 0.150. The summed E-state index contributed by atoms with van der Waals surface area (Å²) >= 11 is 8.24. The zero-order valence-corrected chi connectivity index (χ0v) is 19.0. The van der Waals surface area contributed by atoms with Crippen molar-refractivity contribution < 1.29 is 18.0 Å². The molecule has 0 aliphatic carbocycles. The molecule has 0 saturated carbocycles. The predicted molar refractivity (Wildman–Crippen MR) is 120 cm³/mol. The average molecular weight is 511 g/mol. The highest BCUT2D eigenvalue weighted by molar-refractivity contribution is 7.99. The van der Waals surface area contributed by atoms with Crippen molar-refractivity contribution in [2.75, 3.05) is 11.1 Å². The van der Waals surface area contributed by atoms with Crippen LogP contribution in [-0.2, 0) is 17.4 Å². The third kappa shape index (κ3) is 6.09. The van der Waals surface area contributed by atoms with E-state index in [1.165, 1.54) is 28.3 Å². The predicted octanol–water partition coefficient (Wildman–Crippen LogP) is 5.11. The van der Waals surface area contributed by atoms with E-state index >= 15 is 0 Å². The molecule has 0 bridgehead atoms. The lowest BCUT2D eigenvalue weighted by molar-refractivity contribution is -0.137. The third-order valence-corrected chi connectivity index (χ3v) is 6.36. The number of tetrazole rings is 1. The van der Waals surface area contributed by atoms with Crippen LogP contribution in [-0.4, -0.2) is 36.9 Å². The highest BCUT2D eigenvalue weighted by Crippen LogP contribution is 2.30. The van der Waals surface area contributed by atoms with Crippen LogP contribution in [0.3, 0.4) is 0 Å². The highest BCUT2D eigenvalue weighted by Gasteiger charge is 2.30. The van der Waals surface area contributed by atoms with E-state index in [-0.39, 0.29) is 18.1 Å². The first-order valence-corrected chi connectivity index (χ1v) is 11.5. The van der Waals surface area contributed by atoms with E-state index in [1.807, 2.05) is 0 Å². The topological polar surface area (TPSA) is 85.6 Å². The van der Waals surface area contributed by atoms with Crippen LogP contribution in [0.2, 0.25) is 5.02 Å². The Morgan fingerprint density at radius 3 is 2.73 bits per heavy atom. The van der Waals surface area contributed by atoms with Gasteiger partial charge in [0.05, 0.1) is 17.0 Å². The molecule has 2 aromatic heterocycles. The third-order valence-electron chi connectivity index (χ3n) is 4.28. The van der Waals surface area contributed by atoms with Crippen LogP contribution in [0, 0.1) is 0 Å². The number of carbonyl (C=O) groups is 1. The number of carbonyl (C=O) groups excluding carboxylic acids is 1. The van der Waals surface area contributed by atoms with Crippen LogP contribution < -0.4 is 5.32 Å². The van der Waals surface area contributed by atoms with Crippen molar-refractivity contribution in [1.82, 2.24) is 25.2 Å². The number of nitrogens with zero attached hydrogens (tertiary/aromatic N) is 5. The van der Waals surface area contributed by atoms with Gasteiger partial charge < -0.3 is 5.32 Å². The monoisotopic (exact) mass is 510 g/mol. The second-order valence-electron chi connectivity index (χ2n) is 6.69. The van der Waals surface area contributed by atoms with Crippen molar-refractivity contribution in [3.05, 3.63) is 75.8 Å². The maximum atomic E-state index is 12.9. The Labute approximate surface area is 199 Å². The van der Waals surface area contributed by atoms with E-state index in [4.69, 9.17) is 11.6 Å². The number of rotatable bonds is 7. The summed E-state index contributed by atoms with van der Waals surface area (Å²) in [4.78, 5) is 17.2. The molecule has 1 amide bonds. The largest absolute Gasteiger partial charge is 0.416 e. The molecule has 1 N–H and O–H groups in total. The van der Waals surface area contributed by atoms with Crippen molar-refractivity contribution >= 4 is 45.7 Å². The molecule has 0 aliphatic heterocycles. The molecular weight excluding hydrogens is 497 g/mol. The van der Waals surface area contributed by atoms with Crippen molar-refractivity contribution in [3.8, 4) is 5.69 Å². The van der Waals surface area contributed by atoms with Gasteiger partial charge in [-0.15, -0.1) is 16.4 Å². The molecule has 0 unspecified atom stereocenters. The van der Waals surface area contributed by atoms with Crippen molar-refractivity contribution in [1.29, 1.82) is 0 Å². The number of benzene rings is 2. The Balaban J connectivity index is 1.34. The van der Waals surface area contributed by atoms with Crippen molar-refractivity contribution in [2.24, 2.45) is 0 Å². The zero-order chi connectivity index (χ0) is 23.4. The van der Waals surface area contributed by atoms with Gasteiger partial charge in [-0.05, 0) is 46.3 Å². The van der Waals surface area contributed by atoms with Gasteiger partial charge in [-0.2, -0.15) is 17.9 Å². The van der Waals surface area contributed by atoms with E-state index in [1.54, 1.807) is 30.3 Å². The van der Waals surface area contributed by atoms with E-state index in [9.17, 15) is 18.0 Å². The van der Waals surface area contributed by atoms with Gasteiger partial charge in [0.1, 0.15) is 0 Å². The lowest BCUT2D eigenvalue weighted by Gasteiger charge is -2.07. The molecular formula is C20H14ClF3N6OS2. The first-order chi connectivity index (χ1) is 15.8. The summed E-state index contributed by atoms with van der Waals surface area (Å²) in [5.41, 5.74) is 0.512. The number of amides is 1. The summed E-state index contributed by atoms with van der Waals surface area (Å²) in [6.45, 7) is 0. The summed E-state index contributed by atoms with van der Waals surface area (Å²) in [7, 11) is 0. The van der Waals surface area contributed by atoms with Gasteiger partial charge in [-0.1, -0.05) is 41.6 Å². The SMILES string of the molecule is O=C(CSc1nnnn1-c1ccc(Cl)cc1)Nc1ncc(Cc2cccc(C(F)(F)F)c2)s1. The Morgan fingerprint density at radius 2 is 1.97 bits per heavy atom. The molecule has 0 radical (unpaired) electrons. The molecule has 2 heterocycles. The van der Waals surface area contributed by atoms with E-state index in [0.29, 0.717) is 26.6 Å². The normalized spacial score (nSPS) is 11.5. The molecule has 7 nitrogen and oxygen atoms in total. The molecule has 0 spiro atoms. The van der Waals surface area contributed by atoms with Gasteiger partial charge in [0.15, 0.2) is 5.13 Å². The smallest absolute Gasteiger partial charge is 0.301 e. The minimum Gasteiger partial charge on any atom is -0.301 e. The first kappa shape index (κ1) is 23.2. The quantitative estimate of drug-likeness (QED) is 0.348. The number of nitrogens with one attached hydrogen (secondary N) is 1. The van der Waals surface area contributed by atoms with Crippen LogP contribution in [0.1, 0.15) is 16.0 Å². The van der Waals surface area contributed by atoms with Crippen molar-refractivity contribution in [3.63, 3.8) is 0 Å². The molecule has 0 aliphatic rings. The molecule has 2 aromatic carbocycles. The minimum absolute atomic E-state index is 0.0382. The molecule has 13 heteroatoms. The standard InChI is InChI=1S/C20H14ClF3N6OS2/c21-14-4-6-15(7-5-14)30-19(27-28-29-30)32-11-17(31)26-18-25-10-16(33-18)9-12-2-1-3-13(8-12)20(22,23)24/h1-8,10H,9,11H2,(H,25,26,31). The fourth-order valence-corrected chi connectivity index (χ4v) is 4.48. The van der Waals surface area contributed by atoms with Gasteiger partial charge in [-0.25, -0.2) is 4.98 Å². The fourth-order valence-electron chi connectivity index (χ4n) is 2.80. The first-order valence-electron chi connectivity index (χ1n) is 9.36. The molecule has 0 saturated heterocycles. The number of thioether (sulfide) groups is 1. The minimum atomic E-state index is -4.40. The maximum Gasteiger partial charge on any atom is 0.416 e. The molecule has 0 atom stereocenters. The molecule has 4 aromatic rings. The summed E-state index contributed by atoms with van der Waals surface area (Å²) in [5.74, 6) is -0.276. The summed E-state index contributed by atoms with van der Waals surface area (Å²) in [6.07, 6.45) is -2.58. The second-order valence-corrected chi connectivity index (χ2v) is 9.19. The Bertz CT molecular complexity index is 1260. The highest BCUT2D eigenvalue weighted by atomic mass is 35.5. The summed E-state index contributed by atoms with van der Waals surface area (Å²) < 4.78 is 40.2. The van der Waals surface area contributed by atoms with Crippen molar-refractivity contribution in [2.45, 2.75) is 17.8 Å². The number of halogens is 4. The van der Waals surface area contributed by atoms with Crippen LogP contribution in [0.25, 0.3) is 5.69 Å². The summed E-state index contributed by atoms with van der Waals surface area (Å²) in [5, 5.41) is 15.5. The number of anilines is 1. The van der Waals surface area contributed by atoms with E-state index in [0.717, 1.165) is 28.8 Å². The second kappa shape index (κ2) is 9.89. The number of hydrogen-bond donors (Lipinski definition) is 1. The van der Waals surface area contributed by atoms with Crippen LogP contribution >= 0.6 is 34.7 Å². The maximum absolute atomic E-state index is 12.9. The van der Waals surface area contributed by atoms with E-state index in [2.05, 4.69) is 25.8 Å². The Kier molecular flexibility index (Phi) is 6.96. The van der Waals surface area contributed by atoms with Crippen LogP contribution in [0.4, 0.5) is 18.3 Å². The average Bonchev–Trinajstić information content (AvgIpc) is 3.42. The summed E-state index contributed by atoms with van der Waals surface area (Å²) in [6, 6.07) is 12.1. The van der Waals surface area contributed by atoms with Gasteiger partial charge in [0.2, 0.25) is 11.1 Å². The van der Waals surface area contributed by atoms with Crippen LogP contribution in [0.15, 0.2) is 59.9 Å². The number of aromatic nitrogens is 5. The molecule has 33 heavy (non-hydrogen) atoms. The lowest BCUT2D eigenvalue weighted by Crippen LogP contribution is -2.14. The van der Waals surface area contributed by atoms with Gasteiger partial charge in [-0.3, -0.25) is 4.79 Å². The number of hydrogen-bond acceptors (Lipinski definition) is 7. The Morgan fingerprint density at radius 1 is 1.18 bits per heavy atom. The lowest BCUT2D eigenvalue weighted by atomic mass is 10.1. The van der Waals surface area contributed by atoms with Gasteiger partial charge in [0.25, 0.3) is 0 Å².